The van der Waals surface area contributed by atoms with Crippen molar-refractivity contribution in [2.45, 2.75) is 25.4 Å². The number of hydrogen-bond donors (Lipinski definition) is 0. The van der Waals surface area contributed by atoms with Gasteiger partial charge in [-0.25, -0.2) is 0 Å². The number of ketones is 1. The molecule has 4 aliphatic rings. The standard InChI is InChI=1S/C17H13BrF3NO3/c18-11-4-2-8(6-10(11)17(19,20)21)22-15(24)13-7-1-3-9(12(23)5-7)14(13)16(22)25/h2,4,6-7,9,13-14H,1,3,5H2/t7-,9+,13+,14?/m0/s1. The van der Waals surface area contributed by atoms with Crippen LogP contribution in [0.25, 0.3) is 0 Å². The third-order valence-corrected chi connectivity index (χ3v) is 6.27. The summed E-state index contributed by atoms with van der Waals surface area (Å²) in [5, 5.41) is 0. The molecule has 3 saturated carbocycles. The van der Waals surface area contributed by atoms with Crippen molar-refractivity contribution < 1.29 is 27.6 Å². The molecule has 5 rings (SSSR count). The lowest BCUT2D eigenvalue weighted by Gasteiger charge is -2.41. The summed E-state index contributed by atoms with van der Waals surface area (Å²) in [6.07, 6.45) is -3.04. The number of benzene rings is 1. The molecule has 1 aliphatic heterocycles. The molecule has 3 aliphatic carbocycles. The number of amides is 2. The van der Waals surface area contributed by atoms with Crippen LogP contribution in [0.3, 0.4) is 0 Å². The first-order valence-electron chi connectivity index (χ1n) is 7.97. The molecular formula is C17H13BrF3NO3. The van der Waals surface area contributed by atoms with E-state index in [1.165, 1.54) is 12.1 Å². The molecule has 1 heterocycles. The van der Waals surface area contributed by atoms with Gasteiger partial charge in [-0.05, 0) is 37.0 Å². The molecule has 0 spiro atoms. The second-order valence-corrected chi connectivity index (χ2v) is 7.69. The predicted molar refractivity (Wildman–Crippen MR) is 84.5 cm³/mol. The van der Waals surface area contributed by atoms with E-state index in [1.807, 2.05) is 0 Å². The van der Waals surface area contributed by atoms with Crippen molar-refractivity contribution in [3.8, 4) is 0 Å². The number of hydrogen-bond acceptors (Lipinski definition) is 3. The Morgan fingerprint density at radius 1 is 1.04 bits per heavy atom. The summed E-state index contributed by atoms with van der Waals surface area (Å²) in [5.41, 5.74) is -1.04. The first kappa shape index (κ1) is 16.8. The summed E-state index contributed by atoms with van der Waals surface area (Å²) < 4.78 is 39.2. The second kappa shape index (κ2) is 5.40. The van der Waals surface area contributed by atoms with E-state index in [-0.39, 0.29) is 28.3 Å². The average Bonchev–Trinajstić information content (AvgIpc) is 2.81. The van der Waals surface area contributed by atoms with E-state index in [0.717, 1.165) is 11.0 Å². The Morgan fingerprint density at radius 3 is 2.36 bits per heavy atom. The Kier molecular flexibility index (Phi) is 3.62. The van der Waals surface area contributed by atoms with Crippen LogP contribution in [-0.2, 0) is 20.6 Å². The zero-order valence-electron chi connectivity index (χ0n) is 12.8. The summed E-state index contributed by atoms with van der Waals surface area (Å²) in [5.74, 6) is -2.99. The summed E-state index contributed by atoms with van der Waals surface area (Å²) in [7, 11) is 0. The lowest BCUT2D eigenvalue weighted by molar-refractivity contribution is -0.143. The van der Waals surface area contributed by atoms with E-state index >= 15 is 0 Å². The molecule has 8 heteroatoms. The van der Waals surface area contributed by atoms with Crippen LogP contribution in [0.15, 0.2) is 22.7 Å². The number of alkyl halides is 3. The summed E-state index contributed by atoms with van der Waals surface area (Å²) in [6, 6.07) is 3.30. The molecule has 4 fully saturated rings. The molecule has 132 valence electrons. The van der Waals surface area contributed by atoms with Crippen molar-refractivity contribution in [3.05, 3.63) is 28.2 Å². The van der Waals surface area contributed by atoms with Crippen molar-refractivity contribution in [3.63, 3.8) is 0 Å². The van der Waals surface area contributed by atoms with Crippen LogP contribution in [0.1, 0.15) is 24.8 Å². The minimum absolute atomic E-state index is 0.00714. The van der Waals surface area contributed by atoms with Gasteiger partial charge in [0, 0.05) is 16.8 Å². The number of rotatable bonds is 1. The van der Waals surface area contributed by atoms with E-state index in [1.54, 1.807) is 0 Å². The fourth-order valence-corrected chi connectivity index (χ4v) is 4.98. The van der Waals surface area contributed by atoms with Crippen LogP contribution >= 0.6 is 15.9 Å². The highest BCUT2D eigenvalue weighted by atomic mass is 79.9. The predicted octanol–water partition coefficient (Wildman–Crippen LogP) is 3.57. The van der Waals surface area contributed by atoms with Crippen LogP contribution in [0.4, 0.5) is 18.9 Å². The van der Waals surface area contributed by atoms with Crippen LogP contribution in [0.5, 0.6) is 0 Å². The van der Waals surface area contributed by atoms with Gasteiger partial charge in [0.05, 0.1) is 23.1 Å². The van der Waals surface area contributed by atoms with Crippen molar-refractivity contribution in [2.24, 2.45) is 23.7 Å². The Labute approximate surface area is 149 Å². The topological polar surface area (TPSA) is 54.5 Å². The number of carbonyl (C=O) groups excluding carboxylic acids is 3. The highest BCUT2D eigenvalue weighted by Gasteiger charge is 2.61. The molecule has 0 aromatic heterocycles. The van der Waals surface area contributed by atoms with Gasteiger partial charge in [0.15, 0.2) is 0 Å². The lowest BCUT2D eigenvalue weighted by atomic mass is 9.59. The average molecular weight is 416 g/mol. The maximum absolute atomic E-state index is 13.1. The van der Waals surface area contributed by atoms with Crippen LogP contribution in [-0.4, -0.2) is 17.6 Å². The Bertz CT molecular complexity index is 807. The minimum Gasteiger partial charge on any atom is -0.299 e. The Balaban J connectivity index is 1.76. The second-order valence-electron chi connectivity index (χ2n) is 6.84. The number of halogens is 4. The Hall–Kier alpha value is -1.70. The van der Waals surface area contributed by atoms with Gasteiger partial charge in [-0.3, -0.25) is 19.3 Å². The molecule has 1 aromatic carbocycles. The number of carbonyl (C=O) groups is 3. The van der Waals surface area contributed by atoms with Crippen LogP contribution in [0, 0.1) is 23.7 Å². The van der Waals surface area contributed by atoms with Gasteiger partial charge in [-0.1, -0.05) is 15.9 Å². The smallest absolute Gasteiger partial charge is 0.299 e. The number of Topliss-reactive ketones (excluding diaryl/α,β-unsaturated/α-hetero) is 1. The van der Waals surface area contributed by atoms with E-state index < -0.39 is 41.3 Å². The number of fused-ring (bicyclic) bond motifs is 2. The van der Waals surface area contributed by atoms with E-state index in [4.69, 9.17) is 0 Å². The summed E-state index contributed by atoms with van der Waals surface area (Å²) in [4.78, 5) is 38.5. The van der Waals surface area contributed by atoms with Gasteiger partial charge in [-0.15, -0.1) is 0 Å². The molecule has 2 bridgehead atoms. The largest absolute Gasteiger partial charge is 0.417 e. The SMILES string of the molecule is O=C1C[C@@H]2CC[C@H]1C1C(=O)N(c3ccc(Br)c(C(F)(F)F)c3)C(=O)[C@@H]12. The van der Waals surface area contributed by atoms with Crippen molar-refractivity contribution in [2.75, 3.05) is 4.90 Å². The quantitative estimate of drug-likeness (QED) is 0.658. The molecule has 25 heavy (non-hydrogen) atoms. The van der Waals surface area contributed by atoms with Crippen LogP contribution in [0.2, 0.25) is 0 Å². The normalized spacial score (nSPS) is 31.7. The van der Waals surface area contributed by atoms with Crippen LogP contribution < -0.4 is 4.90 Å². The lowest BCUT2D eigenvalue weighted by Crippen LogP contribution is -2.46. The Morgan fingerprint density at radius 2 is 1.72 bits per heavy atom. The van der Waals surface area contributed by atoms with Crippen molar-refractivity contribution in [1.82, 2.24) is 0 Å². The number of nitrogens with zero attached hydrogens (tertiary/aromatic N) is 1. The molecule has 1 unspecified atom stereocenters. The third-order valence-electron chi connectivity index (χ3n) is 5.58. The molecule has 4 atom stereocenters. The molecule has 0 N–H and O–H groups in total. The van der Waals surface area contributed by atoms with Gasteiger partial charge < -0.3 is 0 Å². The van der Waals surface area contributed by atoms with Crippen molar-refractivity contribution >= 4 is 39.2 Å². The highest BCUT2D eigenvalue weighted by molar-refractivity contribution is 9.10. The summed E-state index contributed by atoms with van der Waals surface area (Å²) >= 11 is 2.85. The van der Waals surface area contributed by atoms with Gasteiger partial charge in [-0.2, -0.15) is 13.2 Å². The number of imide groups is 1. The van der Waals surface area contributed by atoms with Gasteiger partial charge in [0.2, 0.25) is 11.8 Å². The maximum atomic E-state index is 13.1. The fraction of sp³-hybridized carbons (Fsp3) is 0.471. The van der Waals surface area contributed by atoms with E-state index in [0.29, 0.717) is 12.8 Å². The first-order valence-corrected chi connectivity index (χ1v) is 8.76. The van der Waals surface area contributed by atoms with Gasteiger partial charge in [0.25, 0.3) is 0 Å². The minimum atomic E-state index is -4.61. The van der Waals surface area contributed by atoms with Gasteiger partial charge in [0.1, 0.15) is 5.78 Å². The molecule has 0 radical (unpaired) electrons. The zero-order valence-corrected chi connectivity index (χ0v) is 14.4. The maximum Gasteiger partial charge on any atom is 0.417 e. The molecule has 1 aromatic rings. The van der Waals surface area contributed by atoms with Crippen molar-refractivity contribution in [1.29, 1.82) is 0 Å². The fourth-order valence-electron chi connectivity index (χ4n) is 4.51. The molecule has 4 nitrogen and oxygen atoms in total. The summed E-state index contributed by atoms with van der Waals surface area (Å²) in [6.45, 7) is 0. The molecule has 1 saturated heterocycles. The van der Waals surface area contributed by atoms with Gasteiger partial charge >= 0.3 is 6.18 Å². The van der Waals surface area contributed by atoms with E-state index in [2.05, 4.69) is 15.9 Å². The first-order chi connectivity index (χ1) is 11.7. The highest BCUT2D eigenvalue weighted by Crippen LogP contribution is 2.52. The zero-order chi connectivity index (χ0) is 18.1. The molecule has 2 amide bonds. The number of anilines is 1. The third kappa shape index (κ3) is 2.37. The monoisotopic (exact) mass is 415 g/mol. The molecular weight excluding hydrogens is 403 g/mol. The van der Waals surface area contributed by atoms with E-state index in [9.17, 15) is 27.6 Å².